The van der Waals surface area contributed by atoms with Crippen LogP contribution in [0.2, 0.25) is 0 Å². The van der Waals surface area contributed by atoms with Crippen LogP contribution in [0.1, 0.15) is 10.4 Å². The summed E-state index contributed by atoms with van der Waals surface area (Å²) in [7, 11) is 0. The largest absolute Gasteiger partial charge is 0.431 e. The Labute approximate surface area is 134 Å². The molecule has 0 atom stereocenters. The summed E-state index contributed by atoms with van der Waals surface area (Å²) in [5.74, 6) is -0.372. The highest BCUT2D eigenvalue weighted by Gasteiger charge is 2.15. The monoisotopic (exact) mass is 310 g/mol. The summed E-state index contributed by atoms with van der Waals surface area (Å²) in [5.41, 5.74) is 0.591. The number of hydrogen-bond donors (Lipinski definition) is 2. The lowest BCUT2D eigenvalue weighted by Crippen LogP contribution is -2.02. The second kappa shape index (κ2) is 8.08. The SMILES string of the molecule is C=COC(=O)c1c2ccccc2cc2ccccc12.OCCO. The van der Waals surface area contributed by atoms with Gasteiger partial charge in [-0.15, -0.1) is 0 Å². The molecule has 118 valence electrons. The van der Waals surface area contributed by atoms with Crippen molar-refractivity contribution in [1.82, 2.24) is 0 Å². The van der Waals surface area contributed by atoms with Gasteiger partial charge < -0.3 is 14.9 Å². The van der Waals surface area contributed by atoms with Gasteiger partial charge in [-0.2, -0.15) is 0 Å². The molecule has 0 aliphatic rings. The van der Waals surface area contributed by atoms with Crippen molar-refractivity contribution in [3.8, 4) is 0 Å². The minimum Gasteiger partial charge on any atom is -0.431 e. The number of fused-ring (bicyclic) bond motifs is 2. The van der Waals surface area contributed by atoms with Gasteiger partial charge in [0.05, 0.1) is 25.0 Å². The van der Waals surface area contributed by atoms with Crippen LogP contribution in [0.5, 0.6) is 0 Å². The van der Waals surface area contributed by atoms with E-state index in [1.54, 1.807) is 0 Å². The van der Waals surface area contributed by atoms with E-state index in [1.807, 2.05) is 48.5 Å². The molecule has 23 heavy (non-hydrogen) atoms. The first kappa shape index (κ1) is 16.7. The van der Waals surface area contributed by atoms with E-state index >= 15 is 0 Å². The Balaban J connectivity index is 0.000000433. The van der Waals surface area contributed by atoms with Crippen molar-refractivity contribution in [1.29, 1.82) is 0 Å². The van der Waals surface area contributed by atoms with Gasteiger partial charge in [0.2, 0.25) is 0 Å². The molecule has 2 N–H and O–H groups in total. The van der Waals surface area contributed by atoms with Gasteiger partial charge in [0, 0.05) is 0 Å². The molecule has 0 spiro atoms. The highest BCUT2D eigenvalue weighted by atomic mass is 16.5. The molecule has 0 radical (unpaired) electrons. The van der Waals surface area contributed by atoms with E-state index in [2.05, 4.69) is 12.6 Å². The molecular formula is C19H18O4. The van der Waals surface area contributed by atoms with Crippen molar-refractivity contribution in [2.45, 2.75) is 0 Å². The highest BCUT2D eigenvalue weighted by Crippen LogP contribution is 2.28. The fraction of sp³-hybridized carbons (Fsp3) is 0.105. The van der Waals surface area contributed by atoms with Crippen LogP contribution in [0.3, 0.4) is 0 Å². The van der Waals surface area contributed by atoms with Crippen LogP contribution in [0, 0.1) is 0 Å². The lowest BCUT2D eigenvalue weighted by molar-refractivity contribution is 0.0668. The Morgan fingerprint density at radius 1 is 0.957 bits per heavy atom. The van der Waals surface area contributed by atoms with E-state index in [-0.39, 0.29) is 19.2 Å². The summed E-state index contributed by atoms with van der Waals surface area (Å²) in [4.78, 5) is 12.2. The first-order valence-electron chi connectivity index (χ1n) is 7.17. The maximum atomic E-state index is 12.2. The van der Waals surface area contributed by atoms with E-state index < -0.39 is 0 Å². The number of rotatable bonds is 3. The molecule has 3 aromatic rings. The van der Waals surface area contributed by atoms with Crippen molar-refractivity contribution in [3.05, 3.63) is 73.0 Å². The summed E-state index contributed by atoms with van der Waals surface area (Å²) in [5, 5.41) is 19.1. The predicted octanol–water partition coefficient (Wildman–Crippen LogP) is 3.26. The Morgan fingerprint density at radius 3 is 1.87 bits per heavy atom. The molecule has 4 heteroatoms. The molecule has 0 bridgehead atoms. The summed E-state index contributed by atoms with van der Waals surface area (Å²) in [6.45, 7) is 3.19. The zero-order valence-electron chi connectivity index (χ0n) is 12.6. The van der Waals surface area contributed by atoms with E-state index in [1.165, 1.54) is 6.26 Å². The second-order valence-electron chi connectivity index (χ2n) is 4.71. The van der Waals surface area contributed by atoms with E-state index in [0.717, 1.165) is 21.5 Å². The normalized spacial score (nSPS) is 10.0. The van der Waals surface area contributed by atoms with Gasteiger partial charge in [0.15, 0.2) is 0 Å². The molecule has 3 aromatic carbocycles. The molecule has 0 aromatic heterocycles. The number of ether oxygens (including phenoxy) is 1. The molecular weight excluding hydrogens is 292 g/mol. The Kier molecular flexibility index (Phi) is 5.86. The minimum absolute atomic E-state index is 0.125. The van der Waals surface area contributed by atoms with Gasteiger partial charge in [-0.05, 0) is 27.6 Å². The van der Waals surface area contributed by atoms with E-state index in [4.69, 9.17) is 14.9 Å². The number of benzene rings is 3. The number of aliphatic hydroxyl groups excluding tert-OH is 2. The summed E-state index contributed by atoms with van der Waals surface area (Å²) in [6, 6.07) is 17.7. The summed E-state index contributed by atoms with van der Waals surface area (Å²) < 4.78 is 4.97. The number of carbonyl (C=O) groups is 1. The van der Waals surface area contributed by atoms with Gasteiger partial charge >= 0.3 is 5.97 Å². The van der Waals surface area contributed by atoms with Gasteiger partial charge in [0.1, 0.15) is 0 Å². The Hall–Kier alpha value is -2.69. The molecule has 0 amide bonds. The minimum atomic E-state index is -0.372. The van der Waals surface area contributed by atoms with Crippen LogP contribution < -0.4 is 0 Å². The molecule has 0 fully saturated rings. The Bertz CT molecular complexity index is 768. The third-order valence-corrected chi connectivity index (χ3v) is 3.27. The molecule has 4 nitrogen and oxygen atoms in total. The molecule has 0 saturated carbocycles. The first-order valence-corrected chi connectivity index (χ1v) is 7.17. The predicted molar refractivity (Wildman–Crippen MR) is 91.2 cm³/mol. The van der Waals surface area contributed by atoms with Crippen molar-refractivity contribution < 1.29 is 19.7 Å². The molecule has 3 rings (SSSR count). The fourth-order valence-corrected chi connectivity index (χ4v) is 2.37. The van der Waals surface area contributed by atoms with Crippen molar-refractivity contribution in [3.63, 3.8) is 0 Å². The van der Waals surface area contributed by atoms with Crippen LogP contribution in [0.15, 0.2) is 67.4 Å². The molecule has 0 aliphatic carbocycles. The average Bonchev–Trinajstić information content (AvgIpc) is 2.60. The maximum absolute atomic E-state index is 12.2. The van der Waals surface area contributed by atoms with E-state index in [0.29, 0.717) is 5.56 Å². The zero-order chi connectivity index (χ0) is 16.7. The van der Waals surface area contributed by atoms with Gasteiger partial charge in [0.25, 0.3) is 0 Å². The summed E-state index contributed by atoms with van der Waals surface area (Å²) in [6.07, 6.45) is 1.17. The van der Waals surface area contributed by atoms with Gasteiger partial charge in [-0.3, -0.25) is 0 Å². The average molecular weight is 310 g/mol. The smallest absolute Gasteiger partial charge is 0.344 e. The number of hydrogen-bond acceptors (Lipinski definition) is 4. The lowest BCUT2D eigenvalue weighted by Gasteiger charge is -2.09. The third-order valence-electron chi connectivity index (χ3n) is 3.27. The second-order valence-corrected chi connectivity index (χ2v) is 4.71. The van der Waals surface area contributed by atoms with Crippen LogP contribution in [-0.4, -0.2) is 29.4 Å². The van der Waals surface area contributed by atoms with Crippen LogP contribution in [-0.2, 0) is 4.74 Å². The number of esters is 1. The topological polar surface area (TPSA) is 66.8 Å². The number of carbonyl (C=O) groups excluding carboxylic acids is 1. The number of aliphatic hydroxyl groups is 2. The Morgan fingerprint density at radius 2 is 1.43 bits per heavy atom. The highest BCUT2D eigenvalue weighted by molar-refractivity contribution is 6.16. The van der Waals surface area contributed by atoms with Crippen molar-refractivity contribution in [2.24, 2.45) is 0 Å². The van der Waals surface area contributed by atoms with Crippen molar-refractivity contribution >= 4 is 27.5 Å². The fourth-order valence-electron chi connectivity index (χ4n) is 2.37. The molecule has 0 unspecified atom stereocenters. The van der Waals surface area contributed by atoms with Gasteiger partial charge in [-0.1, -0.05) is 55.1 Å². The standard InChI is InChI=1S/C17H12O2.C2H6O2/c1-2-19-17(18)16-14-9-5-3-7-12(14)11-13-8-4-6-10-15(13)16;3-1-2-4/h2-11H,1H2;3-4H,1-2H2. The summed E-state index contributed by atoms with van der Waals surface area (Å²) >= 11 is 0. The molecule has 0 aliphatic heterocycles. The zero-order valence-corrected chi connectivity index (χ0v) is 12.6. The quantitative estimate of drug-likeness (QED) is 0.443. The van der Waals surface area contributed by atoms with E-state index in [9.17, 15) is 4.79 Å². The molecule has 0 heterocycles. The maximum Gasteiger partial charge on any atom is 0.344 e. The molecule has 0 saturated heterocycles. The third kappa shape index (κ3) is 3.74. The lowest BCUT2D eigenvalue weighted by atomic mass is 9.97. The first-order chi connectivity index (χ1) is 11.2. The van der Waals surface area contributed by atoms with Crippen LogP contribution >= 0.6 is 0 Å². The van der Waals surface area contributed by atoms with Crippen molar-refractivity contribution in [2.75, 3.05) is 13.2 Å². The van der Waals surface area contributed by atoms with Crippen LogP contribution in [0.4, 0.5) is 0 Å². The van der Waals surface area contributed by atoms with Gasteiger partial charge in [-0.25, -0.2) is 4.79 Å². The van der Waals surface area contributed by atoms with Crippen LogP contribution in [0.25, 0.3) is 21.5 Å².